The number of rotatable bonds is 5. The second-order valence-corrected chi connectivity index (χ2v) is 4.19. The summed E-state index contributed by atoms with van der Waals surface area (Å²) in [6.07, 6.45) is 0.464. The Morgan fingerprint density at radius 1 is 1.50 bits per heavy atom. The Morgan fingerprint density at radius 3 is 2.50 bits per heavy atom. The predicted octanol–water partition coefficient (Wildman–Crippen LogP) is 1.06. The Hall–Kier alpha value is -0.900. The molecule has 0 rings (SSSR count). The Labute approximate surface area is 84.3 Å². The Kier molecular flexibility index (Phi) is 5.38. The maximum absolute atomic E-state index is 11.2. The topological polar surface area (TPSA) is 63.6 Å². The second kappa shape index (κ2) is 5.75. The van der Waals surface area contributed by atoms with E-state index in [0.29, 0.717) is 6.42 Å². The van der Waals surface area contributed by atoms with Gasteiger partial charge in [0.05, 0.1) is 12.5 Å². The third kappa shape index (κ3) is 7.73. The monoisotopic (exact) mass is 202 g/mol. The molecule has 4 heteroatoms. The average Bonchev–Trinajstić information content (AvgIpc) is 1.96. The third-order valence-electron chi connectivity index (χ3n) is 1.44. The van der Waals surface area contributed by atoms with Crippen LogP contribution >= 0.6 is 0 Å². The van der Waals surface area contributed by atoms with Gasteiger partial charge in [-0.05, 0) is 27.2 Å². The van der Waals surface area contributed by atoms with Gasteiger partial charge in [0.25, 0.3) is 0 Å². The van der Waals surface area contributed by atoms with E-state index in [-0.39, 0.29) is 12.8 Å². The van der Waals surface area contributed by atoms with Gasteiger partial charge in [-0.3, -0.25) is 4.79 Å². The molecule has 0 aliphatic heterocycles. The van der Waals surface area contributed by atoms with Gasteiger partial charge in [-0.15, -0.1) is 0 Å². The molecule has 0 fully saturated rings. The molecule has 0 aliphatic rings. The fraction of sp³-hybridized carbons (Fsp3) is 0.800. The standard InChI is InChI=1S/C10H18O4/c1-10(2,3)14-9(13)7-8(12)5-4-6-11/h6,8,12H,4-5,7H2,1-3H3/t8-/m0/s1. The highest BCUT2D eigenvalue weighted by atomic mass is 16.6. The molecule has 0 aliphatic carbocycles. The SMILES string of the molecule is CC(C)(C)OC(=O)C[C@@H](O)CCC=O. The number of ether oxygens (including phenoxy) is 1. The maximum atomic E-state index is 11.2. The minimum atomic E-state index is -0.782. The van der Waals surface area contributed by atoms with Crippen LogP contribution in [0.2, 0.25) is 0 Å². The summed E-state index contributed by atoms with van der Waals surface area (Å²) < 4.78 is 5.00. The van der Waals surface area contributed by atoms with Crippen LogP contribution in [0.15, 0.2) is 0 Å². The molecule has 0 radical (unpaired) electrons. The highest BCUT2D eigenvalue weighted by Gasteiger charge is 2.18. The van der Waals surface area contributed by atoms with Crippen molar-refractivity contribution in [2.75, 3.05) is 0 Å². The first-order chi connectivity index (χ1) is 6.35. The second-order valence-electron chi connectivity index (χ2n) is 4.19. The number of esters is 1. The lowest BCUT2D eigenvalue weighted by molar-refractivity contribution is -0.157. The Bertz CT molecular complexity index is 193. The number of carbonyl (C=O) groups is 2. The number of aldehydes is 1. The zero-order valence-corrected chi connectivity index (χ0v) is 8.95. The number of aliphatic hydroxyl groups is 1. The van der Waals surface area contributed by atoms with E-state index in [1.54, 1.807) is 20.8 Å². The molecule has 1 atom stereocenters. The quantitative estimate of drug-likeness (QED) is 0.535. The highest BCUT2D eigenvalue weighted by Crippen LogP contribution is 2.10. The normalized spacial score (nSPS) is 13.4. The maximum Gasteiger partial charge on any atom is 0.308 e. The molecule has 0 aromatic carbocycles. The van der Waals surface area contributed by atoms with Crippen molar-refractivity contribution in [3.05, 3.63) is 0 Å². The molecular weight excluding hydrogens is 184 g/mol. The van der Waals surface area contributed by atoms with E-state index in [4.69, 9.17) is 4.74 Å². The molecule has 14 heavy (non-hydrogen) atoms. The largest absolute Gasteiger partial charge is 0.460 e. The van der Waals surface area contributed by atoms with E-state index >= 15 is 0 Å². The van der Waals surface area contributed by atoms with Crippen molar-refractivity contribution in [2.45, 2.75) is 51.7 Å². The molecule has 0 aromatic rings. The third-order valence-corrected chi connectivity index (χ3v) is 1.44. The van der Waals surface area contributed by atoms with Gasteiger partial charge in [-0.1, -0.05) is 0 Å². The predicted molar refractivity (Wildman–Crippen MR) is 51.8 cm³/mol. The molecule has 1 N–H and O–H groups in total. The van der Waals surface area contributed by atoms with Crippen molar-refractivity contribution in [2.24, 2.45) is 0 Å². The first-order valence-electron chi connectivity index (χ1n) is 4.68. The van der Waals surface area contributed by atoms with Gasteiger partial charge >= 0.3 is 5.97 Å². The lowest BCUT2D eigenvalue weighted by atomic mass is 10.1. The molecule has 0 saturated carbocycles. The number of hydrogen-bond acceptors (Lipinski definition) is 4. The van der Waals surface area contributed by atoms with Gasteiger partial charge in [0.15, 0.2) is 0 Å². The van der Waals surface area contributed by atoms with Crippen LogP contribution in [0, 0.1) is 0 Å². The zero-order chi connectivity index (χ0) is 11.2. The van der Waals surface area contributed by atoms with E-state index in [1.807, 2.05) is 0 Å². The van der Waals surface area contributed by atoms with E-state index in [0.717, 1.165) is 6.29 Å². The van der Waals surface area contributed by atoms with Crippen LogP contribution in [0.25, 0.3) is 0 Å². The van der Waals surface area contributed by atoms with E-state index in [1.165, 1.54) is 0 Å². The lowest BCUT2D eigenvalue weighted by Crippen LogP contribution is -2.26. The smallest absolute Gasteiger partial charge is 0.308 e. The van der Waals surface area contributed by atoms with Crippen LogP contribution in [0.5, 0.6) is 0 Å². The summed E-state index contributed by atoms with van der Waals surface area (Å²) in [4.78, 5) is 21.2. The zero-order valence-electron chi connectivity index (χ0n) is 8.95. The molecule has 0 spiro atoms. The first-order valence-corrected chi connectivity index (χ1v) is 4.68. The van der Waals surface area contributed by atoms with E-state index in [2.05, 4.69) is 0 Å². The Balaban J connectivity index is 3.76. The molecular formula is C10H18O4. The van der Waals surface area contributed by atoms with Crippen molar-refractivity contribution < 1.29 is 19.4 Å². The van der Waals surface area contributed by atoms with Gasteiger partial charge in [0.1, 0.15) is 11.9 Å². The fourth-order valence-corrected chi connectivity index (χ4v) is 0.938. The summed E-state index contributed by atoms with van der Waals surface area (Å²) in [7, 11) is 0. The van der Waals surface area contributed by atoms with Crippen molar-refractivity contribution in [3.63, 3.8) is 0 Å². The average molecular weight is 202 g/mol. The summed E-state index contributed by atoms with van der Waals surface area (Å²) in [5, 5.41) is 9.29. The fourth-order valence-electron chi connectivity index (χ4n) is 0.938. The van der Waals surface area contributed by atoms with Crippen molar-refractivity contribution in [1.82, 2.24) is 0 Å². The highest BCUT2D eigenvalue weighted by molar-refractivity contribution is 5.70. The van der Waals surface area contributed by atoms with Crippen molar-refractivity contribution in [3.8, 4) is 0 Å². The van der Waals surface area contributed by atoms with E-state index < -0.39 is 17.7 Å². The summed E-state index contributed by atoms with van der Waals surface area (Å²) >= 11 is 0. The van der Waals surface area contributed by atoms with Crippen LogP contribution in [0.3, 0.4) is 0 Å². The van der Waals surface area contributed by atoms with E-state index in [9.17, 15) is 14.7 Å². The molecule has 82 valence electrons. The molecule has 0 aromatic heterocycles. The lowest BCUT2D eigenvalue weighted by Gasteiger charge is -2.20. The summed E-state index contributed by atoms with van der Waals surface area (Å²) in [6.45, 7) is 5.30. The van der Waals surface area contributed by atoms with Crippen molar-refractivity contribution in [1.29, 1.82) is 0 Å². The molecule has 0 heterocycles. The molecule has 4 nitrogen and oxygen atoms in total. The number of hydrogen-bond donors (Lipinski definition) is 1. The summed E-state index contributed by atoms with van der Waals surface area (Å²) in [5.41, 5.74) is -0.526. The van der Waals surface area contributed by atoms with Gasteiger partial charge < -0.3 is 14.6 Å². The van der Waals surface area contributed by atoms with Gasteiger partial charge in [-0.2, -0.15) is 0 Å². The number of carbonyl (C=O) groups excluding carboxylic acids is 2. The van der Waals surface area contributed by atoms with Gasteiger partial charge in [0.2, 0.25) is 0 Å². The Morgan fingerprint density at radius 2 is 2.07 bits per heavy atom. The van der Waals surface area contributed by atoms with Gasteiger partial charge in [0, 0.05) is 6.42 Å². The molecule has 0 amide bonds. The summed E-state index contributed by atoms with van der Waals surface area (Å²) in [5.74, 6) is -0.434. The van der Waals surface area contributed by atoms with Crippen LogP contribution in [0.1, 0.15) is 40.0 Å². The van der Waals surface area contributed by atoms with Crippen LogP contribution in [0.4, 0.5) is 0 Å². The van der Waals surface area contributed by atoms with Crippen LogP contribution in [-0.2, 0) is 14.3 Å². The minimum absolute atomic E-state index is 0.0505. The number of aliphatic hydroxyl groups excluding tert-OH is 1. The van der Waals surface area contributed by atoms with Crippen molar-refractivity contribution >= 4 is 12.3 Å². The molecule has 0 bridgehead atoms. The summed E-state index contributed by atoms with van der Waals surface area (Å²) in [6, 6.07) is 0. The van der Waals surface area contributed by atoms with Crippen LogP contribution in [-0.4, -0.2) is 29.1 Å². The first kappa shape index (κ1) is 13.1. The van der Waals surface area contributed by atoms with Gasteiger partial charge in [-0.25, -0.2) is 0 Å². The molecule has 0 saturated heterocycles. The van der Waals surface area contributed by atoms with Crippen LogP contribution < -0.4 is 0 Å². The minimum Gasteiger partial charge on any atom is -0.460 e. The molecule has 0 unspecified atom stereocenters.